The molecule has 0 saturated carbocycles. The lowest BCUT2D eigenvalue weighted by atomic mass is 9.89. The van der Waals surface area contributed by atoms with Crippen molar-refractivity contribution in [1.82, 2.24) is 25.0 Å². The average molecular weight is 436 g/mol. The van der Waals surface area contributed by atoms with Gasteiger partial charge in [0.25, 0.3) is 5.91 Å². The SMILES string of the molecule is Cc1cc(CN2CCOCC2)oc1C(=O)N1CCC(c2[nH]ncc2-c2ccncc2)CC1. The number of nitrogens with zero attached hydrogens (tertiary/aromatic N) is 4. The van der Waals surface area contributed by atoms with Crippen LogP contribution >= 0.6 is 0 Å². The van der Waals surface area contributed by atoms with Crippen LogP contribution in [0.4, 0.5) is 0 Å². The zero-order valence-corrected chi connectivity index (χ0v) is 18.4. The lowest BCUT2D eigenvalue weighted by molar-refractivity contribution is 0.0309. The Kier molecular flexibility index (Phi) is 6.05. The van der Waals surface area contributed by atoms with Gasteiger partial charge in [-0.15, -0.1) is 0 Å². The fraction of sp³-hybridized carbons (Fsp3) is 0.458. The van der Waals surface area contributed by atoms with Crippen molar-refractivity contribution in [2.45, 2.75) is 32.2 Å². The predicted octanol–water partition coefficient (Wildman–Crippen LogP) is 3.23. The number of nitrogens with one attached hydrogen (secondary N) is 1. The summed E-state index contributed by atoms with van der Waals surface area (Å²) < 4.78 is 11.4. The van der Waals surface area contributed by atoms with Gasteiger partial charge < -0.3 is 14.1 Å². The van der Waals surface area contributed by atoms with Gasteiger partial charge in [-0.2, -0.15) is 5.10 Å². The van der Waals surface area contributed by atoms with E-state index in [-0.39, 0.29) is 5.91 Å². The molecule has 2 aliphatic rings. The first kappa shape index (κ1) is 20.9. The fourth-order valence-electron chi connectivity index (χ4n) is 4.70. The van der Waals surface area contributed by atoms with Gasteiger partial charge in [-0.3, -0.25) is 19.8 Å². The van der Waals surface area contributed by atoms with Crippen LogP contribution in [-0.4, -0.2) is 70.3 Å². The normalized spacial score (nSPS) is 18.2. The largest absolute Gasteiger partial charge is 0.454 e. The molecule has 1 amide bonds. The van der Waals surface area contributed by atoms with Gasteiger partial charge in [-0.1, -0.05) is 0 Å². The molecule has 0 spiro atoms. The molecule has 0 bridgehead atoms. The second-order valence-corrected chi connectivity index (χ2v) is 8.61. The molecule has 0 radical (unpaired) electrons. The Morgan fingerprint density at radius 3 is 2.66 bits per heavy atom. The van der Waals surface area contributed by atoms with E-state index in [2.05, 4.69) is 20.1 Å². The molecule has 2 saturated heterocycles. The molecule has 8 nitrogen and oxygen atoms in total. The molecule has 3 aromatic rings. The topological polar surface area (TPSA) is 87.5 Å². The zero-order chi connectivity index (χ0) is 21.9. The summed E-state index contributed by atoms with van der Waals surface area (Å²) in [5, 5.41) is 7.48. The first-order valence-corrected chi connectivity index (χ1v) is 11.3. The molecular formula is C24H29N5O3. The van der Waals surface area contributed by atoms with E-state index in [9.17, 15) is 4.79 Å². The number of carbonyl (C=O) groups is 1. The number of hydrogen-bond acceptors (Lipinski definition) is 6. The van der Waals surface area contributed by atoms with Gasteiger partial charge in [0.1, 0.15) is 5.76 Å². The van der Waals surface area contributed by atoms with E-state index in [1.165, 1.54) is 0 Å². The third kappa shape index (κ3) is 4.33. The van der Waals surface area contributed by atoms with E-state index in [4.69, 9.17) is 9.15 Å². The van der Waals surface area contributed by atoms with E-state index in [1.54, 1.807) is 12.4 Å². The quantitative estimate of drug-likeness (QED) is 0.662. The maximum Gasteiger partial charge on any atom is 0.289 e. The van der Waals surface area contributed by atoms with Crippen molar-refractivity contribution in [2.24, 2.45) is 0 Å². The molecule has 5 heterocycles. The molecule has 0 unspecified atom stereocenters. The van der Waals surface area contributed by atoms with Gasteiger partial charge in [0, 0.05) is 61.3 Å². The molecule has 1 N–H and O–H groups in total. The van der Waals surface area contributed by atoms with Gasteiger partial charge in [0.2, 0.25) is 0 Å². The van der Waals surface area contributed by atoms with Crippen molar-refractivity contribution >= 4 is 5.91 Å². The molecule has 0 atom stereocenters. The number of pyridine rings is 1. The number of likely N-dealkylation sites (tertiary alicyclic amines) is 1. The Labute approximate surface area is 187 Å². The van der Waals surface area contributed by atoms with Crippen molar-refractivity contribution < 1.29 is 13.9 Å². The number of piperidine rings is 1. The Bertz CT molecular complexity index is 1050. The van der Waals surface area contributed by atoms with Crippen LogP contribution in [0.1, 0.15) is 46.3 Å². The number of aryl methyl sites for hydroxylation is 1. The van der Waals surface area contributed by atoms with Crippen LogP contribution < -0.4 is 0 Å². The maximum atomic E-state index is 13.2. The van der Waals surface area contributed by atoms with Crippen LogP contribution in [0.2, 0.25) is 0 Å². The van der Waals surface area contributed by atoms with Crippen LogP contribution in [0, 0.1) is 6.92 Å². The van der Waals surface area contributed by atoms with Crippen molar-refractivity contribution in [3.8, 4) is 11.1 Å². The predicted molar refractivity (Wildman–Crippen MR) is 119 cm³/mol. The van der Waals surface area contributed by atoms with Gasteiger partial charge >= 0.3 is 0 Å². The molecule has 8 heteroatoms. The highest BCUT2D eigenvalue weighted by atomic mass is 16.5. The fourth-order valence-corrected chi connectivity index (χ4v) is 4.70. The summed E-state index contributed by atoms with van der Waals surface area (Å²) in [6.07, 6.45) is 7.27. The molecule has 3 aromatic heterocycles. The number of furan rings is 1. The molecule has 0 aromatic carbocycles. The summed E-state index contributed by atoms with van der Waals surface area (Å²) in [5.41, 5.74) is 4.28. The summed E-state index contributed by atoms with van der Waals surface area (Å²) in [6, 6.07) is 6.00. The first-order chi connectivity index (χ1) is 15.7. The number of aromatic nitrogens is 3. The number of H-pyrrole nitrogens is 1. The zero-order valence-electron chi connectivity index (χ0n) is 18.4. The summed E-state index contributed by atoms with van der Waals surface area (Å²) in [6.45, 7) is 7.38. The third-order valence-corrected chi connectivity index (χ3v) is 6.50. The van der Waals surface area contributed by atoms with Crippen molar-refractivity contribution in [3.63, 3.8) is 0 Å². The number of amides is 1. The summed E-state index contributed by atoms with van der Waals surface area (Å²) in [4.78, 5) is 21.5. The van der Waals surface area contributed by atoms with Gasteiger partial charge in [0.05, 0.1) is 26.0 Å². The van der Waals surface area contributed by atoms with Crippen LogP contribution in [0.15, 0.2) is 41.2 Å². The van der Waals surface area contributed by atoms with Gasteiger partial charge in [-0.25, -0.2) is 0 Å². The van der Waals surface area contributed by atoms with Crippen LogP contribution in [0.3, 0.4) is 0 Å². The Morgan fingerprint density at radius 2 is 1.91 bits per heavy atom. The second-order valence-electron chi connectivity index (χ2n) is 8.61. The minimum Gasteiger partial charge on any atom is -0.454 e. The van der Waals surface area contributed by atoms with Crippen molar-refractivity contribution in [1.29, 1.82) is 0 Å². The number of ether oxygens (including phenoxy) is 1. The van der Waals surface area contributed by atoms with Crippen molar-refractivity contribution in [3.05, 3.63) is 59.6 Å². The van der Waals surface area contributed by atoms with E-state index in [1.807, 2.05) is 36.2 Å². The number of hydrogen-bond donors (Lipinski definition) is 1. The van der Waals surface area contributed by atoms with Gasteiger partial charge in [0.15, 0.2) is 5.76 Å². The molecular weight excluding hydrogens is 406 g/mol. The van der Waals surface area contributed by atoms with Gasteiger partial charge in [-0.05, 0) is 43.5 Å². The monoisotopic (exact) mass is 435 g/mol. The van der Waals surface area contributed by atoms with Crippen LogP contribution in [-0.2, 0) is 11.3 Å². The third-order valence-electron chi connectivity index (χ3n) is 6.50. The Balaban J connectivity index is 1.23. The Morgan fingerprint density at radius 1 is 1.16 bits per heavy atom. The highest BCUT2D eigenvalue weighted by Gasteiger charge is 2.29. The number of rotatable bonds is 5. The highest BCUT2D eigenvalue weighted by molar-refractivity contribution is 5.93. The van der Waals surface area contributed by atoms with E-state index < -0.39 is 0 Å². The maximum absolute atomic E-state index is 13.2. The minimum atomic E-state index is -0.00635. The number of morpholine rings is 1. The standard InChI is InChI=1S/C24H29N5O3/c1-17-14-20(16-28-10-12-31-13-11-28)32-23(17)24(30)29-8-4-19(5-9-29)22-21(15-26-27-22)18-2-6-25-7-3-18/h2-3,6-7,14-15,19H,4-5,8-13,16H2,1H3,(H,26,27). The van der Waals surface area contributed by atoms with Crippen LogP contribution in [0.5, 0.6) is 0 Å². The second kappa shape index (κ2) is 9.26. The smallest absolute Gasteiger partial charge is 0.289 e. The molecule has 2 aliphatic heterocycles. The molecule has 32 heavy (non-hydrogen) atoms. The highest BCUT2D eigenvalue weighted by Crippen LogP contribution is 2.34. The minimum absolute atomic E-state index is 0.00635. The first-order valence-electron chi connectivity index (χ1n) is 11.3. The summed E-state index contributed by atoms with van der Waals surface area (Å²) in [7, 11) is 0. The molecule has 0 aliphatic carbocycles. The molecule has 168 valence electrons. The Hall–Kier alpha value is -2.97. The number of aromatic amines is 1. The lowest BCUT2D eigenvalue weighted by Crippen LogP contribution is -2.38. The van der Waals surface area contributed by atoms with E-state index in [0.29, 0.717) is 24.8 Å². The average Bonchev–Trinajstić information content (AvgIpc) is 3.47. The van der Waals surface area contributed by atoms with E-state index in [0.717, 1.165) is 73.8 Å². The summed E-state index contributed by atoms with van der Waals surface area (Å²) >= 11 is 0. The van der Waals surface area contributed by atoms with E-state index >= 15 is 0 Å². The molecule has 5 rings (SSSR count). The summed E-state index contributed by atoms with van der Waals surface area (Å²) in [5.74, 6) is 1.67. The van der Waals surface area contributed by atoms with Crippen molar-refractivity contribution in [2.75, 3.05) is 39.4 Å². The number of carbonyl (C=O) groups excluding carboxylic acids is 1. The lowest BCUT2D eigenvalue weighted by Gasteiger charge is -2.31. The molecule has 2 fully saturated rings. The van der Waals surface area contributed by atoms with Crippen LogP contribution in [0.25, 0.3) is 11.1 Å².